The second kappa shape index (κ2) is 5.48. The standard InChI is InChI=1S/C19H17N3O5/c23-15(20-9-2-1-3-10(6-9)22(26)27)8-21-18(24)16-11-4-5-12(14-7-13(11)14)17(16)19(21)25/h1-6,11-14,16-17H,7-8H2,(H,20,23)/t11-,12-,13-,14-,16-,17+/m1/s1. The van der Waals surface area contributed by atoms with Gasteiger partial charge in [0.25, 0.3) is 5.69 Å². The summed E-state index contributed by atoms with van der Waals surface area (Å²) < 4.78 is 0. The fourth-order valence-electron chi connectivity index (χ4n) is 5.22. The van der Waals surface area contributed by atoms with E-state index in [1.54, 1.807) is 0 Å². The zero-order valence-electron chi connectivity index (χ0n) is 14.3. The van der Waals surface area contributed by atoms with Crippen LogP contribution < -0.4 is 5.32 Å². The maximum atomic E-state index is 12.8. The second-order valence-corrected chi connectivity index (χ2v) is 7.77. The molecule has 6 atom stereocenters. The number of imide groups is 1. The largest absolute Gasteiger partial charge is 0.324 e. The van der Waals surface area contributed by atoms with Gasteiger partial charge in [-0.25, -0.2) is 0 Å². The molecule has 0 spiro atoms. The van der Waals surface area contributed by atoms with Crippen molar-refractivity contribution in [3.05, 3.63) is 46.5 Å². The van der Waals surface area contributed by atoms with Gasteiger partial charge in [0.05, 0.1) is 16.8 Å². The molecule has 6 rings (SSSR count). The molecule has 1 saturated heterocycles. The van der Waals surface area contributed by atoms with Crippen molar-refractivity contribution in [2.75, 3.05) is 11.9 Å². The van der Waals surface area contributed by atoms with Crippen LogP contribution in [0, 0.1) is 45.6 Å². The summed E-state index contributed by atoms with van der Waals surface area (Å²) in [7, 11) is 0. The summed E-state index contributed by atoms with van der Waals surface area (Å²) in [4.78, 5) is 49.4. The molecule has 2 saturated carbocycles. The first-order chi connectivity index (χ1) is 13.0. The minimum absolute atomic E-state index is 0.117. The van der Waals surface area contributed by atoms with Gasteiger partial charge in [-0.1, -0.05) is 18.2 Å². The molecule has 138 valence electrons. The fourth-order valence-corrected chi connectivity index (χ4v) is 5.22. The SMILES string of the molecule is O=C(CN1C(=O)[C@@H]2[C@@H]3C=C[C@H]([C@H]4C[C@H]34)[C@@H]2C1=O)Nc1cccc([N+](=O)[O-])c1. The molecule has 0 unspecified atom stereocenters. The van der Waals surface area contributed by atoms with Gasteiger partial charge in [0, 0.05) is 17.8 Å². The van der Waals surface area contributed by atoms with E-state index in [2.05, 4.69) is 17.5 Å². The number of hydrogen-bond acceptors (Lipinski definition) is 5. The lowest BCUT2D eigenvalue weighted by atomic mass is 9.63. The number of nitrogens with zero attached hydrogens (tertiary/aromatic N) is 2. The van der Waals surface area contributed by atoms with Gasteiger partial charge in [0.2, 0.25) is 17.7 Å². The number of nitro benzene ring substituents is 1. The minimum atomic E-state index is -0.554. The lowest BCUT2D eigenvalue weighted by molar-refractivity contribution is -0.384. The Balaban J connectivity index is 1.31. The second-order valence-electron chi connectivity index (χ2n) is 7.77. The zero-order chi connectivity index (χ0) is 18.9. The van der Waals surface area contributed by atoms with E-state index in [0.29, 0.717) is 11.8 Å². The number of carbonyl (C=O) groups is 3. The number of carbonyl (C=O) groups excluding carboxylic acids is 3. The van der Waals surface area contributed by atoms with Gasteiger partial charge in [-0.05, 0) is 36.2 Å². The lowest BCUT2D eigenvalue weighted by Crippen LogP contribution is -2.40. The minimum Gasteiger partial charge on any atom is -0.324 e. The van der Waals surface area contributed by atoms with E-state index in [-0.39, 0.29) is 53.4 Å². The number of rotatable bonds is 4. The Morgan fingerprint density at radius 3 is 2.37 bits per heavy atom. The van der Waals surface area contributed by atoms with Crippen molar-refractivity contribution in [2.45, 2.75) is 6.42 Å². The Hall–Kier alpha value is -3.03. The number of anilines is 1. The first-order valence-corrected chi connectivity index (χ1v) is 9.03. The van der Waals surface area contributed by atoms with Crippen LogP contribution >= 0.6 is 0 Å². The number of nitro groups is 1. The molecule has 1 heterocycles. The maximum Gasteiger partial charge on any atom is 0.271 e. The first kappa shape index (κ1) is 16.2. The van der Waals surface area contributed by atoms with E-state index >= 15 is 0 Å². The molecule has 0 radical (unpaired) electrons. The van der Waals surface area contributed by atoms with E-state index < -0.39 is 10.8 Å². The molecule has 4 aliphatic carbocycles. The molecule has 3 fully saturated rings. The molecular formula is C19H17N3O5. The molecule has 5 aliphatic rings. The number of amides is 3. The lowest BCUT2D eigenvalue weighted by Gasteiger charge is -2.37. The van der Waals surface area contributed by atoms with E-state index in [1.807, 2.05) is 0 Å². The van der Waals surface area contributed by atoms with Crippen LogP contribution in [-0.2, 0) is 14.4 Å². The Labute approximate surface area is 154 Å². The number of hydrogen-bond donors (Lipinski definition) is 1. The molecule has 1 aromatic rings. The molecule has 27 heavy (non-hydrogen) atoms. The van der Waals surface area contributed by atoms with E-state index in [0.717, 1.165) is 11.3 Å². The third-order valence-corrected chi connectivity index (χ3v) is 6.40. The molecule has 0 aromatic heterocycles. The summed E-state index contributed by atoms with van der Waals surface area (Å²) in [6.07, 6.45) is 5.25. The molecule has 2 bridgehead atoms. The summed E-state index contributed by atoms with van der Waals surface area (Å²) >= 11 is 0. The number of benzene rings is 1. The highest BCUT2D eigenvalue weighted by atomic mass is 16.6. The monoisotopic (exact) mass is 367 g/mol. The van der Waals surface area contributed by atoms with Crippen LogP contribution in [0.15, 0.2) is 36.4 Å². The quantitative estimate of drug-likeness (QED) is 0.376. The van der Waals surface area contributed by atoms with Gasteiger partial charge in [0.15, 0.2) is 0 Å². The third-order valence-electron chi connectivity index (χ3n) is 6.40. The molecule has 8 nitrogen and oxygen atoms in total. The Bertz CT molecular complexity index is 890. The number of likely N-dealkylation sites (tertiary alicyclic amines) is 1. The zero-order valence-corrected chi connectivity index (χ0v) is 14.3. The highest BCUT2D eigenvalue weighted by Crippen LogP contribution is 2.65. The van der Waals surface area contributed by atoms with Crippen LogP contribution in [0.2, 0.25) is 0 Å². The molecule has 1 N–H and O–H groups in total. The van der Waals surface area contributed by atoms with Crippen LogP contribution in [0.4, 0.5) is 11.4 Å². The normalized spacial score (nSPS) is 35.0. The summed E-state index contributed by atoms with van der Waals surface area (Å²) in [6, 6.07) is 5.55. The third kappa shape index (κ3) is 2.32. The maximum absolute atomic E-state index is 12.8. The molecule has 1 aliphatic heterocycles. The Morgan fingerprint density at radius 2 is 1.78 bits per heavy atom. The van der Waals surface area contributed by atoms with Crippen molar-refractivity contribution in [1.82, 2.24) is 4.90 Å². The fraction of sp³-hybridized carbons (Fsp3) is 0.421. The molecule has 8 heteroatoms. The van der Waals surface area contributed by atoms with Crippen molar-refractivity contribution < 1.29 is 19.3 Å². The smallest absolute Gasteiger partial charge is 0.271 e. The molecule has 1 aromatic carbocycles. The predicted octanol–water partition coefficient (Wildman–Crippen LogP) is 1.59. The molecular weight excluding hydrogens is 350 g/mol. The van der Waals surface area contributed by atoms with Crippen LogP contribution in [0.1, 0.15) is 6.42 Å². The average Bonchev–Trinajstić information content (AvgIpc) is 3.43. The first-order valence-electron chi connectivity index (χ1n) is 9.03. The highest BCUT2D eigenvalue weighted by Gasteiger charge is 2.67. The van der Waals surface area contributed by atoms with Crippen LogP contribution in [0.3, 0.4) is 0 Å². The van der Waals surface area contributed by atoms with E-state index in [1.165, 1.54) is 24.3 Å². The molecule has 3 amide bonds. The van der Waals surface area contributed by atoms with Gasteiger partial charge in [-0.3, -0.25) is 29.4 Å². The summed E-state index contributed by atoms with van der Waals surface area (Å²) in [5.74, 6) is -0.469. The van der Waals surface area contributed by atoms with E-state index in [9.17, 15) is 24.5 Å². The topological polar surface area (TPSA) is 110 Å². The van der Waals surface area contributed by atoms with Crippen molar-refractivity contribution in [3.8, 4) is 0 Å². The summed E-state index contributed by atoms with van der Waals surface area (Å²) in [5.41, 5.74) is 0.114. The van der Waals surface area contributed by atoms with Crippen LogP contribution in [0.25, 0.3) is 0 Å². The number of nitrogens with one attached hydrogen (secondary N) is 1. The van der Waals surface area contributed by atoms with Gasteiger partial charge in [-0.2, -0.15) is 0 Å². The Morgan fingerprint density at radius 1 is 1.15 bits per heavy atom. The highest BCUT2D eigenvalue weighted by molar-refractivity contribution is 6.09. The summed E-state index contributed by atoms with van der Waals surface area (Å²) in [6.45, 7) is -0.359. The van der Waals surface area contributed by atoms with Gasteiger partial charge >= 0.3 is 0 Å². The number of allylic oxidation sites excluding steroid dienone is 2. The van der Waals surface area contributed by atoms with Gasteiger partial charge in [-0.15, -0.1) is 0 Å². The van der Waals surface area contributed by atoms with Crippen LogP contribution in [-0.4, -0.2) is 34.1 Å². The Kier molecular flexibility index (Phi) is 3.28. The van der Waals surface area contributed by atoms with Crippen molar-refractivity contribution in [3.63, 3.8) is 0 Å². The average molecular weight is 367 g/mol. The number of non-ortho nitro benzene ring substituents is 1. The summed E-state index contributed by atoms with van der Waals surface area (Å²) in [5, 5.41) is 13.4. The predicted molar refractivity (Wildman–Crippen MR) is 93.1 cm³/mol. The van der Waals surface area contributed by atoms with Gasteiger partial charge < -0.3 is 5.32 Å². The van der Waals surface area contributed by atoms with Crippen molar-refractivity contribution >= 4 is 29.1 Å². The van der Waals surface area contributed by atoms with E-state index in [4.69, 9.17) is 0 Å². The van der Waals surface area contributed by atoms with Gasteiger partial charge in [0.1, 0.15) is 6.54 Å². The van der Waals surface area contributed by atoms with Crippen molar-refractivity contribution in [2.24, 2.45) is 35.5 Å². The van der Waals surface area contributed by atoms with Crippen LogP contribution in [0.5, 0.6) is 0 Å². The van der Waals surface area contributed by atoms with Crippen molar-refractivity contribution in [1.29, 1.82) is 0 Å².